The van der Waals surface area contributed by atoms with E-state index in [4.69, 9.17) is 5.73 Å². The van der Waals surface area contributed by atoms with Crippen molar-refractivity contribution in [2.45, 2.75) is 51.2 Å². The highest BCUT2D eigenvalue weighted by Crippen LogP contribution is 2.40. The van der Waals surface area contributed by atoms with E-state index in [9.17, 15) is 5.11 Å². The molecule has 0 heterocycles. The van der Waals surface area contributed by atoms with Crippen LogP contribution < -0.4 is 5.73 Å². The highest BCUT2D eigenvalue weighted by atomic mass is 16.3. The molecule has 1 aromatic rings. The van der Waals surface area contributed by atoms with Gasteiger partial charge in [0.25, 0.3) is 0 Å². The van der Waals surface area contributed by atoms with Crippen LogP contribution in [0.15, 0.2) is 24.3 Å². The summed E-state index contributed by atoms with van der Waals surface area (Å²) in [7, 11) is 0. The Morgan fingerprint density at radius 3 is 2.29 bits per heavy atom. The molecule has 1 aliphatic rings. The Kier molecular flexibility index (Phi) is 3.85. The molecule has 0 spiro atoms. The van der Waals surface area contributed by atoms with Gasteiger partial charge in [0.2, 0.25) is 0 Å². The Bertz CT molecular complexity index is 354. The summed E-state index contributed by atoms with van der Waals surface area (Å²) < 4.78 is 0. The molecule has 1 saturated carbocycles. The van der Waals surface area contributed by atoms with Crippen LogP contribution in [0.1, 0.15) is 56.3 Å². The van der Waals surface area contributed by atoms with Gasteiger partial charge < -0.3 is 10.8 Å². The van der Waals surface area contributed by atoms with Crippen molar-refractivity contribution in [3.63, 3.8) is 0 Å². The summed E-state index contributed by atoms with van der Waals surface area (Å²) in [5.41, 5.74) is 8.36. The van der Waals surface area contributed by atoms with E-state index in [1.54, 1.807) is 0 Å². The van der Waals surface area contributed by atoms with E-state index in [1.807, 2.05) is 12.1 Å². The first-order valence-electron chi connectivity index (χ1n) is 6.61. The Labute approximate surface area is 104 Å². The minimum absolute atomic E-state index is 0.165. The molecule has 3 N–H and O–H groups in total. The molecule has 2 atom stereocenters. The Hall–Kier alpha value is -0.860. The van der Waals surface area contributed by atoms with E-state index in [2.05, 4.69) is 26.0 Å². The molecule has 0 radical (unpaired) electrons. The van der Waals surface area contributed by atoms with Gasteiger partial charge in [-0.3, -0.25) is 0 Å². The van der Waals surface area contributed by atoms with Crippen LogP contribution in [0.5, 0.6) is 0 Å². The van der Waals surface area contributed by atoms with Crippen LogP contribution in [0, 0.1) is 5.92 Å². The van der Waals surface area contributed by atoms with E-state index in [1.165, 1.54) is 18.4 Å². The van der Waals surface area contributed by atoms with Crippen molar-refractivity contribution in [2.75, 3.05) is 0 Å². The predicted molar refractivity (Wildman–Crippen MR) is 70.8 cm³/mol. The third-order valence-corrected chi connectivity index (χ3v) is 3.48. The van der Waals surface area contributed by atoms with Gasteiger partial charge in [-0.1, -0.05) is 38.1 Å². The molecule has 1 aliphatic carbocycles. The molecule has 0 aliphatic heterocycles. The Morgan fingerprint density at radius 1 is 1.24 bits per heavy atom. The van der Waals surface area contributed by atoms with E-state index in [-0.39, 0.29) is 6.04 Å². The van der Waals surface area contributed by atoms with Gasteiger partial charge in [-0.25, -0.2) is 0 Å². The summed E-state index contributed by atoms with van der Waals surface area (Å²) in [6.45, 7) is 4.26. The number of benzene rings is 1. The van der Waals surface area contributed by atoms with Crippen molar-refractivity contribution < 1.29 is 5.11 Å². The summed E-state index contributed by atoms with van der Waals surface area (Å²) in [6, 6.07) is 8.16. The largest absolute Gasteiger partial charge is 0.387 e. The van der Waals surface area contributed by atoms with Crippen LogP contribution >= 0.6 is 0 Å². The summed E-state index contributed by atoms with van der Waals surface area (Å²) in [5.74, 6) is 1.29. The molecule has 2 nitrogen and oxygen atoms in total. The molecule has 1 fully saturated rings. The van der Waals surface area contributed by atoms with Gasteiger partial charge in [0.15, 0.2) is 0 Å². The fourth-order valence-electron chi connectivity index (χ4n) is 2.30. The van der Waals surface area contributed by atoms with E-state index in [0.717, 1.165) is 17.9 Å². The van der Waals surface area contributed by atoms with E-state index >= 15 is 0 Å². The quantitative estimate of drug-likeness (QED) is 0.821. The summed E-state index contributed by atoms with van der Waals surface area (Å²) in [5, 5.41) is 10.2. The van der Waals surface area contributed by atoms with Crippen LogP contribution in [0.3, 0.4) is 0 Å². The second-order valence-electron chi connectivity index (χ2n) is 5.68. The molecule has 2 unspecified atom stereocenters. The molecular weight excluding hydrogens is 210 g/mol. The van der Waals surface area contributed by atoms with Crippen LogP contribution in [0.25, 0.3) is 0 Å². The average Bonchev–Trinajstić information content (AvgIpc) is 3.11. The number of aliphatic hydroxyl groups excluding tert-OH is 1. The number of hydrogen-bond donors (Lipinski definition) is 2. The zero-order valence-corrected chi connectivity index (χ0v) is 10.8. The first-order chi connectivity index (χ1) is 8.08. The normalized spacial score (nSPS) is 19.4. The SMILES string of the molecule is CC(C)CC(N)C(O)c1ccc(C2CC2)cc1. The third-order valence-electron chi connectivity index (χ3n) is 3.48. The second kappa shape index (κ2) is 5.19. The predicted octanol–water partition coefficient (Wildman–Crippen LogP) is 2.97. The lowest BCUT2D eigenvalue weighted by molar-refractivity contribution is 0.136. The summed E-state index contributed by atoms with van der Waals surface area (Å²) in [4.78, 5) is 0. The standard InChI is InChI=1S/C15H23NO/c1-10(2)9-14(16)15(17)13-7-5-12(6-8-13)11-3-4-11/h5-8,10-11,14-15,17H,3-4,9,16H2,1-2H3. The molecule has 0 saturated heterocycles. The molecule has 0 bridgehead atoms. The molecule has 1 aromatic carbocycles. The third kappa shape index (κ3) is 3.30. The van der Waals surface area contributed by atoms with Crippen LogP contribution in [-0.2, 0) is 0 Å². The molecule has 0 amide bonds. The summed E-state index contributed by atoms with van der Waals surface area (Å²) in [6.07, 6.45) is 2.94. The lowest BCUT2D eigenvalue weighted by Crippen LogP contribution is -2.29. The maximum Gasteiger partial charge on any atom is 0.0940 e. The van der Waals surface area contributed by atoms with Gasteiger partial charge in [-0.05, 0) is 42.2 Å². The average molecular weight is 233 g/mol. The zero-order chi connectivity index (χ0) is 12.4. The van der Waals surface area contributed by atoms with Crippen molar-refractivity contribution in [1.82, 2.24) is 0 Å². The molecular formula is C15H23NO. The van der Waals surface area contributed by atoms with Gasteiger partial charge in [0.1, 0.15) is 0 Å². The van der Waals surface area contributed by atoms with Crippen LogP contribution in [0.2, 0.25) is 0 Å². The van der Waals surface area contributed by atoms with Gasteiger partial charge in [-0.15, -0.1) is 0 Å². The summed E-state index contributed by atoms with van der Waals surface area (Å²) >= 11 is 0. The molecule has 2 heteroatoms. The molecule has 2 rings (SSSR count). The van der Waals surface area contributed by atoms with Crippen molar-refractivity contribution >= 4 is 0 Å². The van der Waals surface area contributed by atoms with Gasteiger partial charge >= 0.3 is 0 Å². The number of rotatable bonds is 5. The smallest absolute Gasteiger partial charge is 0.0940 e. The fraction of sp³-hybridized carbons (Fsp3) is 0.600. The Morgan fingerprint density at radius 2 is 1.82 bits per heavy atom. The molecule has 0 aromatic heterocycles. The lowest BCUT2D eigenvalue weighted by Gasteiger charge is -2.21. The van der Waals surface area contributed by atoms with Crippen molar-refractivity contribution in [3.05, 3.63) is 35.4 Å². The Balaban J connectivity index is 2.00. The molecule has 17 heavy (non-hydrogen) atoms. The zero-order valence-electron chi connectivity index (χ0n) is 10.8. The van der Waals surface area contributed by atoms with Crippen LogP contribution in [0.4, 0.5) is 0 Å². The first kappa shape index (κ1) is 12.6. The minimum Gasteiger partial charge on any atom is -0.387 e. The van der Waals surface area contributed by atoms with Crippen molar-refractivity contribution in [2.24, 2.45) is 11.7 Å². The van der Waals surface area contributed by atoms with Crippen molar-refractivity contribution in [3.8, 4) is 0 Å². The molecule has 94 valence electrons. The van der Waals surface area contributed by atoms with E-state index < -0.39 is 6.10 Å². The van der Waals surface area contributed by atoms with Gasteiger partial charge in [-0.2, -0.15) is 0 Å². The topological polar surface area (TPSA) is 46.2 Å². The van der Waals surface area contributed by atoms with E-state index in [0.29, 0.717) is 5.92 Å². The maximum absolute atomic E-state index is 10.2. The van der Waals surface area contributed by atoms with Gasteiger partial charge in [0, 0.05) is 6.04 Å². The number of hydrogen-bond acceptors (Lipinski definition) is 2. The maximum atomic E-state index is 10.2. The monoisotopic (exact) mass is 233 g/mol. The van der Waals surface area contributed by atoms with Crippen LogP contribution in [-0.4, -0.2) is 11.1 Å². The highest BCUT2D eigenvalue weighted by molar-refractivity contribution is 5.29. The second-order valence-corrected chi connectivity index (χ2v) is 5.68. The number of aliphatic hydroxyl groups is 1. The first-order valence-corrected chi connectivity index (χ1v) is 6.61. The fourth-order valence-corrected chi connectivity index (χ4v) is 2.30. The highest BCUT2D eigenvalue weighted by Gasteiger charge is 2.24. The van der Waals surface area contributed by atoms with Crippen molar-refractivity contribution in [1.29, 1.82) is 0 Å². The minimum atomic E-state index is -0.536. The number of nitrogens with two attached hydrogens (primary N) is 1. The van der Waals surface area contributed by atoms with Gasteiger partial charge in [0.05, 0.1) is 6.10 Å². The lowest BCUT2D eigenvalue weighted by atomic mass is 9.94.